The number of carbonyl (C=O) groups excluding carboxylic acids is 1. The van der Waals surface area contributed by atoms with Crippen LogP contribution in [-0.2, 0) is 11.3 Å². The molecule has 134 valence electrons. The van der Waals surface area contributed by atoms with E-state index in [1.165, 1.54) is 10.7 Å². The lowest BCUT2D eigenvalue weighted by atomic mass is 10.3. The van der Waals surface area contributed by atoms with Gasteiger partial charge in [-0.25, -0.2) is 9.36 Å². The molecule has 1 unspecified atom stereocenters. The molecule has 0 radical (unpaired) electrons. The molecule has 0 aromatic carbocycles. The van der Waals surface area contributed by atoms with Gasteiger partial charge in [-0.3, -0.25) is 14.6 Å². The van der Waals surface area contributed by atoms with E-state index in [0.29, 0.717) is 5.82 Å². The molecule has 3 heterocycles. The van der Waals surface area contributed by atoms with Crippen molar-refractivity contribution >= 4 is 5.91 Å². The summed E-state index contributed by atoms with van der Waals surface area (Å²) in [5.41, 5.74) is 2.14. The molecular formula is C18H20N6O2. The molecule has 0 saturated carbocycles. The molecule has 3 aromatic heterocycles. The lowest BCUT2D eigenvalue weighted by Crippen LogP contribution is -2.37. The van der Waals surface area contributed by atoms with Gasteiger partial charge in [0.15, 0.2) is 5.82 Å². The maximum Gasteiger partial charge on any atom is 0.267 e. The molecule has 0 bridgehead atoms. The summed E-state index contributed by atoms with van der Waals surface area (Å²) >= 11 is 0. The van der Waals surface area contributed by atoms with Gasteiger partial charge in [0.25, 0.3) is 5.56 Å². The van der Waals surface area contributed by atoms with Crippen molar-refractivity contribution in [1.29, 1.82) is 0 Å². The number of nitrogens with one attached hydrogen (secondary N) is 1. The highest BCUT2D eigenvalue weighted by atomic mass is 16.2. The maximum absolute atomic E-state index is 12.4. The van der Waals surface area contributed by atoms with E-state index in [0.717, 1.165) is 17.1 Å². The normalized spacial score (nSPS) is 12.0. The number of carbonyl (C=O) groups is 1. The standard InChI is InChI=1S/C18H20N6O2/c1-12-10-13(2)23(21-12)16-7-8-17(25)24(22-16)14(3)18(26)20-11-15-6-4-5-9-19-15/h4-10,14H,11H2,1-3H3,(H,20,26). The van der Waals surface area contributed by atoms with Crippen molar-refractivity contribution in [3.05, 3.63) is 70.0 Å². The zero-order valence-corrected chi connectivity index (χ0v) is 14.9. The van der Waals surface area contributed by atoms with E-state index in [1.807, 2.05) is 38.1 Å². The van der Waals surface area contributed by atoms with E-state index in [9.17, 15) is 9.59 Å². The fourth-order valence-electron chi connectivity index (χ4n) is 2.61. The first-order chi connectivity index (χ1) is 12.5. The minimum Gasteiger partial charge on any atom is -0.349 e. The van der Waals surface area contributed by atoms with Gasteiger partial charge in [0.05, 0.1) is 17.9 Å². The van der Waals surface area contributed by atoms with Crippen LogP contribution in [0.2, 0.25) is 0 Å². The first-order valence-electron chi connectivity index (χ1n) is 8.27. The minimum absolute atomic E-state index is 0.288. The van der Waals surface area contributed by atoms with Crippen molar-refractivity contribution in [2.24, 2.45) is 0 Å². The zero-order valence-electron chi connectivity index (χ0n) is 14.9. The predicted octanol–water partition coefficient (Wildman–Crippen LogP) is 1.32. The fraction of sp³-hybridized carbons (Fsp3) is 0.278. The van der Waals surface area contributed by atoms with Crippen LogP contribution in [0.1, 0.15) is 30.0 Å². The Morgan fingerprint density at radius 1 is 1.19 bits per heavy atom. The summed E-state index contributed by atoms with van der Waals surface area (Å²) in [5.74, 6) is 0.176. The maximum atomic E-state index is 12.4. The third-order valence-electron chi connectivity index (χ3n) is 3.95. The van der Waals surface area contributed by atoms with Crippen LogP contribution in [0, 0.1) is 13.8 Å². The Balaban J connectivity index is 1.81. The topological polar surface area (TPSA) is 94.7 Å². The number of aromatic nitrogens is 5. The van der Waals surface area contributed by atoms with Crippen LogP contribution in [-0.4, -0.2) is 30.5 Å². The summed E-state index contributed by atoms with van der Waals surface area (Å²) < 4.78 is 2.81. The molecule has 0 spiro atoms. The third-order valence-corrected chi connectivity index (χ3v) is 3.95. The molecule has 1 amide bonds. The van der Waals surface area contributed by atoms with E-state index in [2.05, 4.69) is 20.5 Å². The van der Waals surface area contributed by atoms with E-state index in [1.54, 1.807) is 23.9 Å². The Bertz CT molecular complexity index is 977. The van der Waals surface area contributed by atoms with Crippen molar-refractivity contribution in [2.45, 2.75) is 33.4 Å². The van der Waals surface area contributed by atoms with Gasteiger partial charge in [0, 0.05) is 18.0 Å². The molecule has 26 heavy (non-hydrogen) atoms. The first-order valence-corrected chi connectivity index (χ1v) is 8.27. The summed E-state index contributed by atoms with van der Waals surface area (Å²) in [4.78, 5) is 28.8. The Hall–Kier alpha value is -3.29. The minimum atomic E-state index is -0.761. The second-order valence-electron chi connectivity index (χ2n) is 6.03. The van der Waals surface area contributed by atoms with Gasteiger partial charge in [-0.1, -0.05) is 6.07 Å². The Kier molecular flexibility index (Phi) is 4.92. The van der Waals surface area contributed by atoms with Crippen LogP contribution in [0.15, 0.2) is 47.4 Å². The first kappa shape index (κ1) is 17.5. The summed E-state index contributed by atoms with van der Waals surface area (Å²) in [5, 5.41) is 11.5. The van der Waals surface area contributed by atoms with Gasteiger partial charge in [-0.05, 0) is 45.0 Å². The molecule has 0 fully saturated rings. The average Bonchev–Trinajstić information content (AvgIpc) is 2.98. The average molecular weight is 352 g/mol. The van der Waals surface area contributed by atoms with Gasteiger partial charge in [0.2, 0.25) is 5.91 Å². The van der Waals surface area contributed by atoms with E-state index in [4.69, 9.17) is 0 Å². The molecular weight excluding hydrogens is 332 g/mol. The van der Waals surface area contributed by atoms with Gasteiger partial charge in [0.1, 0.15) is 6.04 Å². The SMILES string of the molecule is Cc1cc(C)n(-c2ccc(=O)n(C(C)C(=O)NCc3ccccn3)n2)n1. The van der Waals surface area contributed by atoms with Crippen molar-refractivity contribution in [2.75, 3.05) is 0 Å². The molecule has 0 aliphatic carbocycles. The van der Waals surface area contributed by atoms with Gasteiger partial charge >= 0.3 is 0 Å². The molecule has 1 atom stereocenters. The smallest absolute Gasteiger partial charge is 0.267 e. The predicted molar refractivity (Wildman–Crippen MR) is 95.9 cm³/mol. The third kappa shape index (κ3) is 3.69. The second-order valence-corrected chi connectivity index (χ2v) is 6.03. The molecule has 1 N–H and O–H groups in total. The quantitative estimate of drug-likeness (QED) is 0.747. The largest absolute Gasteiger partial charge is 0.349 e. The lowest BCUT2D eigenvalue weighted by Gasteiger charge is -2.15. The van der Waals surface area contributed by atoms with E-state index >= 15 is 0 Å². The highest BCUT2D eigenvalue weighted by Gasteiger charge is 2.18. The van der Waals surface area contributed by atoms with Crippen molar-refractivity contribution in [1.82, 2.24) is 29.9 Å². The highest BCUT2D eigenvalue weighted by molar-refractivity contribution is 5.79. The number of hydrogen-bond donors (Lipinski definition) is 1. The Labute approximate surface area is 150 Å². The number of pyridine rings is 1. The highest BCUT2D eigenvalue weighted by Crippen LogP contribution is 2.09. The second kappa shape index (κ2) is 7.30. The molecule has 8 heteroatoms. The van der Waals surface area contributed by atoms with Crippen LogP contribution in [0.5, 0.6) is 0 Å². The summed E-state index contributed by atoms with van der Waals surface area (Å²) in [6.07, 6.45) is 1.66. The van der Waals surface area contributed by atoms with E-state index < -0.39 is 6.04 Å². The number of hydrogen-bond acceptors (Lipinski definition) is 5. The van der Waals surface area contributed by atoms with Crippen LogP contribution < -0.4 is 10.9 Å². The summed E-state index contributed by atoms with van der Waals surface area (Å²) in [7, 11) is 0. The molecule has 0 aliphatic rings. The molecule has 3 aromatic rings. The van der Waals surface area contributed by atoms with Crippen LogP contribution in [0.25, 0.3) is 5.82 Å². The van der Waals surface area contributed by atoms with Crippen molar-refractivity contribution in [3.63, 3.8) is 0 Å². The fourth-order valence-corrected chi connectivity index (χ4v) is 2.61. The Morgan fingerprint density at radius 3 is 2.65 bits per heavy atom. The lowest BCUT2D eigenvalue weighted by molar-refractivity contribution is -0.124. The molecule has 3 rings (SSSR count). The number of rotatable bonds is 5. The molecule has 0 saturated heterocycles. The Morgan fingerprint density at radius 2 is 2.00 bits per heavy atom. The van der Waals surface area contributed by atoms with E-state index in [-0.39, 0.29) is 18.0 Å². The number of nitrogens with zero attached hydrogens (tertiary/aromatic N) is 5. The summed E-state index contributed by atoms with van der Waals surface area (Å²) in [6, 6.07) is 9.61. The van der Waals surface area contributed by atoms with Crippen molar-refractivity contribution < 1.29 is 4.79 Å². The van der Waals surface area contributed by atoms with Gasteiger partial charge in [-0.2, -0.15) is 5.10 Å². The van der Waals surface area contributed by atoms with Crippen LogP contribution in [0.3, 0.4) is 0 Å². The molecule has 0 aliphatic heterocycles. The number of amides is 1. The van der Waals surface area contributed by atoms with Crippen LogP contribution in [0.4, 0.5) is 0 Å². The van der Waals surface area contributed by atoms with Gasteiger partial charge < -0.3 is 5.32 Å². The van der Waals surface area contributed by atoms with Gasteiger partial charge in [-0.15, -0.1) is 5.10 Å². The summed E-state index contributed by atoms with van der Waals surface area (Å²) in [6.45, 7) is 5.70. The number of aryl methyl sites for hydroxylation is 2. The monoisotopic (exact) mass is 352 g/mol. The van der Waals surface area contributed by atoms with Crippen LogP contribution >= 0.6 is 0 Å². The zero-order chi connectivity index (χ0) is 18.7. The van der Waals surface area contributed by atoms with Crippen molar-refractivity contribution in [3.8, 4) is 5.82 Å². The molecule has 8 nitrogen and oxygen atoms in total.